The number of benzene rings is 1. The fourth-order valence-corrected chi connectivity index (χ4v) is 4.84. The van der Waals surface area contributed by atoms with Crippen LogP contribution < -0.4 is 11.3 Å². The SMILES string of the molecule is Cc1cccc(-c2nc3scc(-c4cccs4)c3c(=O)n2C(C)C(N)=O)c1. The van der Waals surface area contributed by atoms with Crippen LogP contribution in [-0.4, -0.2) is 15.5 Å². The van der Waals surface area contributed by atoms with Crippen LogP contribution in [0.25, 0.3) is 32.0 Å². The van der Waals surface area contributed by atoms with Crippen LogP contribution in [0.2, 0.25) is 0 Å². The van der Waals surface area contributed by atoms with E-state index in [1.807, 2.05) is 54.1 Å². The van der Waals surface area contributed by atoms with Crippen LogP contribution in [0, 0.1) is 6.92 Å². The Labute approximate surface area is 163 Å². The number of aromatic nitrogens is 2. The lowest BCUT2D eigenvalue weighted by molar-refractivity contribution is -0.120. The molecule has 4 aromatic rings. The molecular formula is C20H17N3O2S2. The predicted octanol–water partition coefficient (Wildman–Crippen LogP) is 4.21. The van der Waals surface area contributed by atoms with Crippen molar-refractivity contribution in [3.05, 3.63) is 63.1 Å². The number of hydrogen-bond donors (Lipinski definition) is 1. The Morgan fingerprint density at radius 3 is 2.70 bits per heavy atom. The maximum absolute atomic E-state index is 13.5. The summed E-state index contributed by atoms with van der Waals surface area (Å²) in [6.07, 6.45) is 0. The summed E-state index contributed by atoms with van der Waals surface area (Å²) in [6, 6.07) is 10.8. The number of rotatable bonds is 4. The summed E-state index contributed by atoms with van der Waals surface area (Å²) in [6.45, 7) is 3.61. The number of aryl methyl sites for hydroxylation is 1. The van der Waals surface area contributed by atoms with Crippen LogP contribution in [0.15, 0.2) is 52.0 Å². The zero-order valence-electron chi connectivity index (χ0n) is 14.8. The molecule has 136 valence electrons. The number of carbonyl (C=O) groups is 1. The molecule has 1 unspecified atom stereocenters. The van der Waals surface area contributed by atoms with Gasteiger partial charge in [-0.15, -0.1) is 22.7 Å². The number of thiophene rings is 2. The Kier molecular flexibility index (Phi) is 4.41. The third kappa shape index (κ3) is 2.98. The number of amides is 1. The van der Waals surface area contributed by atoms with E-state index in [2.05, 4.69) is 0 Å². The average Bonchev–Trinajstić information content (AvgIpc) is 3.30. The molecule has 0 bridgehead atoms. The molecule has 0 saturated heterocycles. The molecule has 1 atom stereocenters. The third-order valence-electron chi connectivity index (χ3n) is 4.50. The molecule has 2 N–H and O–H groups in total. The van der Waals surface area contributed by atoms with E-state index in [1.165, 1.54) is 15.9 Å². The van der Waals surface area contributed by atoms with Crippen molar-refractivity contribution in [2.45, 2.75) is 19.9 Å². The van der Waals surface area contributed by atoms with Crippen molar-refractivity contribution in [2.24, 2.45) is 5.73 Å². The van der Waals surface area contributed by atoms with E-state index in [-0.39, 0.29) is 5.56 Å². The van der Waals surface area contributed by atoms with E-state index in [4.69, 9.17) is 10.7 Å². The quantitative estimate of drug-likeness (QED) is 0.562. The van der Waals surface area contributed by atoms with Crippen LogP contribution in [0.3, 0.4) is 0 Å². The molecule has 4 rings (SSSR count). The minimum atomic E-state index is -0.805. The lowest BCUT2D eigenvalue weighted by atomic mass is 10.1. The molecule has 0 radical (unpaired) electrons. The van der Waals surface area contributed by atoms with Crippen LogP contribution in [0.5, 0.6) is 0 Å². The Hall–Kier alpha value is -2.77. The summed E-state index contributed by atoms with van der Waals surface area (Å²) in [5, 5.41) is 4.45. The Morgan fingerprint density at radius 2 is 2.04 bits per heavy atom. The minimum Gasteiger partial charge on any atom is -0.368 e. The summed E-state index contributed by atoms with van der Waals surface area (Å²) in [7, 11) is 0. The first kappa shape index (κ1) is 17.6. The maximum Gasteiger partial charge on any atom is 0.263 e. The molecule has 5 nitrogen and oxygen atoms in total. The number of hydrogen-bond acceptors (Lipinski definition) is 5. The van der Waals surface area contributed by atoms with Gasteiger partial charge in [-0.25, -0.2) is 4.98 Å². The Balaban J connectivity index is 2.08. The smallest absolute Gasteiger partial charge is 0.263 e. The van der Waals surface area contributed by atoms with Crippen molar-refractivity contribution < 1.29 is 4.79 Å². The summed E-state index contributed by atoms with van der Waals surface area (Å²) in [5.74, 6) is -0.109. The lowest BCUT2D eigenvalue weighted by Crippen LogP contribution is -2.33. The standard InChI is InChI=1S/C20H17N3O2S2/c1-11-5-3-6-13(9-11)18-22-19-16(20(25)23(18)12(2)17(21)24)14(10-27-19)15-7-4-8-26-15/h3-10,12H,1-2H3,(H2,21,24). The largest absolute Gasteiger partial charge is 0.368 e. The van der Waals surface area contributed by atoms with Crippen molar-refractivity contribution in [2.75, 3.05) is 0 Å². The van der Waals surface area contributed by atoms with Gasteiger partial charge in [0.2, 0.25) is 5.91 Å². The monoisotopic (exact) mass is 395 g/mol. The lowest BCUT2D eigenvalue weighted by Gasteiger charge is -2.17. The molecule has 0 saturated carbocycles. The van der Waals surface area contributed by atoms with E-state index in [9.17, 15) is 9.59 Å². The molecule has 1 amide bonds. The molecule has 0 spiro atoms. The van der Waals surface area contributed by atoms with Gasteiger partial charge in [-0.2, -0.15) is 0 Å². The highest BCUT2D eigenvalue weighted by molar-refractivity contribution is 7.18. The van der Waals surface area contributed by atoms with E-state index < -0.39 is 11.9 Å². The second kappa shape index (κ2) is 6.75. The highest BCUT2D eigenvalue weighted by Crippen LogP contribution is 2.35. The fraction of sp³-hybridized carbons (Fsp3) is 0.150. The number of fused-ring (bicyclic) bond motifs is 1. The highest BCUT2D eigenvalue weighted by atomic mass is 32.1. The zero-order valence-corrected chi connectivity index (χ0v) is 16.4. The summed E-state index contributed by atoms with van der Waals surface area (Å²) in [5.41, 5.74) is 7.98. The van der Waals surface area contributed by atoms with Crippen molar-refractivity contribution in [1.29, 1.82) is 0 Å². The molecular weight excluding hydrogens is 378 g/mol. The van der Waals surface area contributed by atoms with Crippen LogP contribution in [-0.2, 0) is 4.79 Å². The van der Waals surface area contributed by atoms with Crippen LogP contribution in [0.1, 0.15) is 18.5 Å². The third-order valence-corrected chi connectivity index (χ3v) is 6.28. The molecule has 0 aliphatic heterocycles. The van der Waals surface area contributed by atoms with Gasteiger partial charge in [0.15, 0.2) is 0 Å². The van der Waals surface area contributed by atoms with Gasteiger partial charge >= 0.3 is 0 Å². The van der Waals surface area contributed by atoms with Gasteiger partial charge in [-0.1, -0.05) is 29.8 Å². The van der Waals surface area contributed by atoms with Crippen LogP contribution in [0.4, 0.5) is 0 Å². The van der Waals surface area contributed by atoms with Crippen molar-refractivity contribution in [1.82, 2.24) is 9.55 Å². The molecule has 0 fully saturated rings. The van der Waals surface area contributed by atoms with Gasteiger partial charge in [-0.05, 0) is 31.4 Å². The van der Waals surface area contributed by atoms with Gasteiger partial charge in [0, 0.05) is 21.4 Å². The first-order valence-corrected chi connectivity index (χ1v) is 10.2. The highest BCUT2D eigenvalue weighted by Gasteiger charge is 2.23. The van der Waals surface area contributed by atoms with Gasteiger partial charge in [0.25, 0.3) is 5.56 Å². The summed E-state index contributed by atoms with van der Waals surface area (Å²) < 4.78 is 1.42. The van der Waals surface area contributed by atoms with E-state index >= 15 is 0 Å². The minimum absolute atomic E-state index is 0.243. The molecule has 1 aromatic carbocycles. The molecule has 0 aliphatic rings. The van der Waals surface area contributed by atoms with Crippen molar-refractivity contribution in [3.63, 3.8) is 0 Å². The fourth-order valence-electron chi connectivity index (χ4n) is 3.09. The number of carbonyl (C=O) groups excluding carboxylic acids is 1. The van der Waals surface area contributed by atoms with Gasteiger partial charge in [0.05, 0.1) is 5.39 Å². The first-order chi connectivity index (χ1) is 13.0. The van der Waals surface area contributed by atoms with Crippen molar-refractivity contribution in [3.8, 4) is 21.8 Å². The second-order valence-corrected chi connectivity index (χ2v) is 8.17. The zero-order chi connectivity index (χ0) is 19.1. The molecule has 3 heterocycles. The summed E-state index contributed by atoms with van der Waals surface area (Å²) >= 11 is 3.00. The number of nitrogens with zero attached hydrogens (tertiary/aromatic N) is 2. The number of primary amides is 1. The molecule has 0 aliphatic carbocycles. The van der Waals surface area contributed by atoms with Gasteiger partial charge < -0.3 is 5.73 Å². The van der Waals surface area contributed by atoms with E-state index in [1.54, 1.807) is 18.3 Å². The predicted molar refractivity (Wildman–Crippen MR) is 111 cm³/mol. The Bertz CT molecular complexity index is 1210. The molecule has 27 heavy (non-hydrogen) atoms. The normalized spacial score (nSPS) is 12.4. The topological polar surface area (TPSA) is 78.0 Å². The molecule has 7 heteroatoms. The Morgan fingerprint density at radius 1 is 1.22 bits per heavy atom. The van der Waals surface area contributed by atoms with Gasteiger partial charge in [0.1, 0.15) is 16.7 Å². The summed E-state index contributed by atoms with van der Waals surface area (Å²) in [4.78, 5) is 31.8. The second-order valence-electron chi connectivity index (χ2n) is 6.37. The average molecular weight is 396 g/mol. The first-order valence-electron chi connectivity index (χ1n) is 8.41. The maximum atomic E-state index is 13.5. The molecule has 3 aromatic heterocycles. The van der Waals surface area contributed by atoms with Gasteiger partial charge in [-0.3, -0.25) is 14.2 Å². The van der Waals surface area contributed by atoms with E-state index in [0.717, 1.165) is 21.6 Å². The number of nitrogens with two attached hydrogens (primary N) is 1. The van der Waals surface area contributed by atoms with Crippen LogP contribution >= 0.6 is 22.7 Å². The van der Waals surface area contributed by atoms with E-state index in [0.29, 0.717) is 16.0 Å². The van der Waals surface area contributed by atoms with Crippen molar-refractivity contribution >= 4 is 38.8 Å².